The first-order chi connectivity index (χ1) is 12.4. The number of amides is 1. The van der Waals surface area contributed by atoms with Crippen molar-refractivity contribution in [1.82, 2.24) is 15.6 Å². The molecule has 0 fully saturated rings. The Labute approximate surface area is 154 Å². The number of halogens is 1. The van der Waals surface area contributed by atoms with Gasteiger partial charge in [-0.1, -0.05) is 23.7 Å². The Kier molecular flexibility index (Phi) is 9.37. The van der Waals surface area contributed by atoms with E-state index in [0.717, 1.165) is 17.1 Å². The normalized spacial score (nSPS) is 9.58. The number of rotatable bonds is 6. The molecule has 138 valence electrons. The minimum Gasteiger partial charge on any atom is -0.473 e. The Bertz CT molecular complexity index is 711. The molecule has 26 heavy (non-hydrogen) atoms. The number of carbonyl (C=O) groups excluding carboxylic acids is 1. The van der Waals surface area contributed by atoms with Crippen molar-refractivity contribution in [2.75, 3.05) is 13.1 Å². The molecule has 1 heterocycles. The smallest absolute Gasteiger partial charge is 0.414 e. The first-order valence-electron chi connectivity index (χ1n) is 7.49. The monoisotopic (exact) mass is 379 g/mol. The van der Waals surface area contributed by atoms with Crippen molar-refractivity contribution < 1.29 is 24.6 Å². The first kappa shape index (κ1) is 21.1. The third-order valence-electron chi connectivity index (χ3n) is 2.96. The van der Waals surface area contributed by atoms with Crippen LogP contribution in [0.1, 0.15) is 15.9 Å². The molecule has 0 bridgehead atoms. The van der Waals surface area contributed by atoms with Crippen LogP contribution in [0.15, 0.2) is 48.8 Å². The third kappa shape index (κ3) is 8.76. The summed E-state index contributed by atoms with van der Waals surface area (Å²) in [5, 5.41) is 21.6. The highest BCUT2D eigenvalue weighted by atomic mass is 35.5. The standard InChI is InChI=1S/C15H16ClN3O.C2H2O4/c16-14-3-1-12(2-4-14)11-18-9-10-19-15(20)13-5-7-17-8-6-13;3-1(4)2(5)6/h1-8,18H,9-11H2,(H,19,20);(H,3,4)(H,5,6). The molecular weight excluding hydrogens is 362 g/mol. The van der Waals surface area contributed by atoms with Gasteiger partial charge in [-0.15, -0.1) is 0 Å². The van der Waals surface area contributed by atoms with E-state index < -0.39 is 11.9 Å². The zero-order chi connectivity index (χ0) is 19.4. The number of aliphatic carboxylic acids is 2. The van der Waals surface area contributed by atoms with Gasteiger partial charge < -0.3 is 20.8 Å². The fourth-order valence-corrected chi connectivity index (χ4v) is 1.83. The molecule has 2 rings (SSSR count). The van der Waals surface area contributed by atoms with Gasteiger partial charge in [0.05, 0.1) is 0 Å². The summed E-state index contributed by atoms with van der Waals surface area (Å²) in [7, 11) is 0. The molecule has 0 atom stereocenters. The third-order valence-corrected chi connectivity index (χ3v) is 3.21. The Morgan fingerprint density at radius 3 is 2.04 bits per heavy atom. The van der Waals surface area contributed by atoms with Gasteiger partial charge in [-0.2, -0.15) is 0 Å². The number of hydrogen-bond acceptors (Lipinski definition) is 5. The first-order valence-corrected chi connectivity index (χ1v) is 7.87. The maximum Gasteiger partial charge on any atom is 0.414 e. The predicted molar refractivity (Wildman–Crippen MR) is 95.0 cm³/mol. The lowest BCUT2D eigenvalue weighted by Crippen LogP contribution is -2.31. The Hall–Kier alpha value is -2.97. The number of aromatic nitrogens is 1. The van der Waals surface area contributed by atoms with E-state index in [1.807, 2.05) is 24.3 Å². The summed E-state index contributed by atoms with van der Waals surface area (Å²) in [6.07, 6.45) is 3.21. The van der Waals surface area contributed by atoms with Crippen LogP contribution >= 0.6 is 11.6 Å². The second-order valence-corrected chi connectivity index (χ2v) is 5.34. The van der Waals surface area contributed by atoms with Gasteiger partial charge in [-0.3, -0.25) is 9.78 Å². The SMILES string of the molecule is O=C(NCCNCc1ccc(Cl)cc1)c1ccncc1.O=C(O)C(=O)O. The molecule has 9 heteroatoms. The number of carboxylic acids is 2. The number of nitrogens with zero attached hydrogens (tertiary/aromatic N) is 1. The minimum absolute atomic E-state index is 0.0827. The van der Waals surface area contributed by atoms with Crippen LogP contribution in [-0.4, -0.2) is 46.1 Å². The average Bonchev–Trinajstić information content (AvgIpc) is 2.64. The Balaban J connectivity index is 0.000000487. The molecule has 0 saturated carbocycles. The molecule has 0 spiro atoms. The largest absolute Gasteiger partial charge is 0.473 e. The maximum atomic E-state index is 11.7. The van der Waals surface area contributed by atoms with E-state index in [1.54, 1.807) is 24.5 Å². The van der Waals surface area contributed by atoms with Gasteiger partial charge in [-0.05, 0) is 29.8 Å². The van der Waals surface area contributed by atoms with Gasteiger partial charge in [0, 0.05) is 42.6 Å². The number of hydrogen-bond donors (Lipinski definition) is 4. The highest BCUT2D eigenvalue weighted by Gasteiger charge is 2.04. The molecule has 1 aromatic heterocycles. The van der Waals surface area contributed by atoms with Crippen LogP contribution in [0.3, 0.4) is 0 Å². The zero-order valence-electron chi connectivity index (χ0n) is 13.7. The van der Waals surface area contributed by atoms with Gasteiger partial charge in [0.2, 0.25) is 0 Å². The molecule has 8 nitrogen and oxygen atoms in total. The summed E-state index contributed by atoms with van der Waals surface area (Å²) >= 11 is 5.82. The second kappa shape index (κ2) is 11.6. The number of benzene rings is 1. The number of carboxylic acid groups (broad SMARTS) is 2. The summed E-state index contributed by atoms with van der Waals surface area (Å²) in [6, 6.07) is 11.1. The van der Waals surface area contributed by atoms with Crippen molar-refractivity contribution in [3.63, 3.8) is 0 Å². The van der Waals surface area contributed by atoms with Gasteiger partial charge in [-0.25, -0.2) is 9.59 Å². The van der Waals surface area contributed by atoms with Crippen molar-refractivity contribution in [2.24, 2.45) is 0 Å². The van der Waals surface area contributed by atoms with E-state index in [2.05, 4.69) is 15.6 Å². The highest BCUT2D eigenvalue weighted by molar-refractivity contribution is 6.30. The molecule has 0 aliphatic carbocycles. The van der Waals surface area contributed by atoms with E-state index >= 15 is 0 Å². The zero-order valence-corrected chi connectivity index (χ0v) is 14.4. The molecule has 0 unspecified atom stereocenters. The van der Waals surface area contributed by atoms with E-state index in [1.165, 1.54) is 0 Å². The second-order valence-electron chi connectivity index (χ2n) is 4.91. The topological polar surface area (TPSA) is 129 Å². The van der Waals surface area contributed by atoms with Gasteiger partial charge in [0.25, 0.3) is 5.91 Å². The van der Waals surface area contributed by atoms with Gasteiger partial charge in [0.15, 0.2) is 0 Å². The fourth-order valence-electron chi connectivity index (χ4n) is 1.70. The molecular formula is C17H18ClN3O5. The number of pyridine rings is 1. The van der Waals surface area contributed by atoms with Crippen LogP contribution in [-0.2, 0) is 16.1 Å². The Morgan fingerprint density at radius 1 is 0.923 bits per heavy atom. The quantitative estimate of drug-likeness (QED) is 0.441. The Morgan fingerprint density at radius 2 is 1.50 bits per heavy atom. The van der Waals surface area contributed by atoms with E-state index in [4.69, 9.17) is 31.4 Å². The molecule has 0 radical (unpaired) electrons. The molecule has 0 aliphatic heterocycles. The van der Waals surface area contributed by atoms with E-state index in [-0.39, 0.29) is 5.91 Å². The van der Waals surface area contributed by atoms with Crippen LogP contribution in [0.25, 0.3) is 0 Å². The molecule has 4 N–H and O–H groups in total. The fraction of sp³-hybridized carbons (Fsp3) is 0.176. The molecule has 2 aromatic rings. The molecule has 0 aliphatic rings. The van der Waals surface area contributed by atoms with Crippen molar-refractivity contribution >= 4 is 29.4 Å². The summed E-state index contributed by atoms with van der Waals surface area (Å²) in [6.45, 7) is 2.04. The van der Waals surface area contributed by atoms with Crippen LogP contribution in [0, 0.1) is 0 Å². The lowest BCUT2D eigenvalue weighted by Gasteiger charge is -2.07. The maximum absolute atomic E-state index is 11.7. The van der Waals surface area contributed by atoms with Crippen molar-refractivity contribution in [1.29, 1.82) is 0 Å². The van der Waals surface area contributed by atoms with Crippen molar-refractivity contribution in [2.45, 2.75) is 6.54 Å². The summed E-state index contributed by atoms with van der Waals surface area (Å²) in [4.78, 5) is 33.8. The van der Waals surface area contributed by atoms with Gasteiger partial charge in [0.1, 0.15) is 0 Å². The summed E-state index contributed by atoms with van der Waals surface area (Å²) in [5.41, 5.74) is 1.78. The van der Waals surface area contributed by atoms with Crippen LogP contribution < -0.4 is 10.6 Å². The van der Waals surface area contributed by atoms with Crippen LogP contribution in [0.4, 0.5) is 0 Å². The highest BCUT2D eigenvalue weighted by Crippen LogP contribution is 2.08. The number of carbonyl (C=O) groups is 3. The minimum atomic E-state index is -1.82. The summed E-state index contributed by atoms with van der Waals surface area (Å²) < 4.78 is 0. The van der Waals surface area contributed by atoms with Crippen molar-refractivity contribution in [3.05, 3.63) is 64.9 Å². The molecule has 1 amide bonds. The van der Waals surface area contributed by atoms with Gasteiger partial charge >= 0.3 is 11.9 Å². The van der Waals surface area contributed by atoms with E-state index in [0.29, 0.717) is 18.7 Å². The molecule has 1 aromatic carbocycles. The molecule has 0 saturated heterocycles. The lowest BCUT2D eigenvalue weighted by molar-refractivity contribution is -0.159. The predicted octanol–water partition coefficient (Wildman–Crippen LogP) is 1.41. The van der Waals surface area contributed by atoms with Crippen LogP contribution in [0.2, 0.25) is 5.02 Å². The van der Waals surface area contributed by atoms with Crippen molar-refractivity contribution in [3.8, 4) is 0 Å². The summed E-state index contributed by atoms with van der Waals surface area (Å²) in [5.74, 6) is -3.73. The average molecular weight is 380 g/mol. The van der Waals surface area contributed by atoms with Crippen LogP contribution in [0.5, 0.6) is 0 Å². The lowest BCUT2D eigenvalue weighted by atomic mass is 10.2. The number of nitrogens with one attached hydrogen (secondary N) is 2. The van der Waals surface area contributed by atoms with E-state index in [9.17, 15) is 4.79 Å².